The predicted octanol–water partition coefficient (Wildman–Crippen LogP) is 9.84. The molecule has 0 aliphatic heterocycles. The zero-order valence-electron chi connectivity index (χ0n) is 20.7. The zero-order valence-corrected chi connectivity index (χ0v) is 20.7. The van der Waals surface area contributed by atoms with E-state index in [4.69, 9.17) is 4.74 Å². The molecular weight excluding hydrogens is 414 g/mol. The summed E-state index contributed by atoms with van der Waals surface area (Å²) in [6.45, 7) is 4.78. The number of benzene rings is 2. The van der Waals surface area contributed by atoms with Crippen LogP contribution in [0.2, 0.25) is 0 Å². The molecule has 33 heavy (non-hydrogen) atoms. The first-order valence-corrected chi connectivity index (χ1v) is 13.3. The van der Waals surface area contributed by atoms with Gasteiger partial charge in [-0.05, 0) is 67.2 Å². The van der Waals surface area contributed by atoms with E-state index in [0.717, 1.165) is 25.2 Å². The molecule has 182 valence electrons. The Hall–Kier alpha value is -1.90. The highest BCUT2D eigenvalue weighted by Crippen LogP contribution is 2.39. The molecule has 3 heteroatoms. The topological polar surface area (TPSA) is 9.23 Å². The Morgan fingerprint density at radius 1 is 0.727 bits per heavy atom. The number of ether oxygens (including phenoxy) is 1. The molecule has 2 aromatic carbocycles. The van der Waals surface area contributed by atoms with Gasteiger partial charge in [0.2, 0.25) is 5.82 Å². The van der Waals surface area contributed by atoms with Gasteiger partial charge in [0.05, 0.1) is 6.61 Å². The van der Waals surface area contributed by atoms with Gasteiger partial charge in [-0.25, -0.2) is 4.39 Å². The van der Waals surface area contributed by atoms with Crippen LogP contribution in [0.3, 0.4) is 0 Å². The van der Waals surface area contributed by atoms with Crippen LogP contribution in [0.15, 0.2) is 36.4 Å². The number of rotatable bonds is 13. The average molecular weight is 457 g/mol. The maximum absolute atomic E-state index is 14.7. The van der Waals surface area contributed by atoms with E-state index < -0.39 is 11.6 Å². The van der Waals surface area contributed by atoms with E-state index in [-0.39, 0.29) is 5.75 Å². The summed E-state index contributed by atoms with van der Waals surface area (Å²) in [6, 6.07) is 11.3. The lowest BCUT2D eigenvalue weighted by Crippen LogP contribution is -2.13. The molecule has 1 saturated carbocycles. The third-order valence-electron chi connectivity index (χ3n) is 7.31. The molecule has 0 atom stereocenters. The van der Waals surface area contributed by atoms with Crippen molar-refractivity contribution in [3.8, 4) is 16.9 Å². The zero-order chi connectivity index (χ0) is 23.5. The van der Waals surface area contributed by atoms with Crippen molar-refractivity contribution in [3.63, 3.8) is 0 Å². The molecule has 2 aromatic rings. The summed E-state index contributed by atoms with van der Waals surface area (Å²) in [5.74, 6) is -0.222. The Kier molecular flexibility index (Phi) is 10.7. The Morgan fingerprint density at radius 2 is 1.39 bits per heavy atom. The first-order valence-electron chi connectivity index (χ1n) is 13.3. The summed E-state index contributed by atoms with van der Waals surface area (Å²) in [5.41, 5.74) is 2.34. The van der Waals surface area contributed by atoms with Gasteiger partial charge in [0.1, 0.15) is 0 Å². The molecule has 3 rings (SSSR count). The van der Waals surface area contributed by atoms with Gasteiger partial charge < -0.3 is 4.74 Å². The standard InChI is InChI=1S/C30H42F2O/c1-3-5-7-8-9-11-23-12-14-24(15-13-23)25-16-18-26(19-17-25)27-20-21-28(30(32)29(27)31)33-22-10-6-4-2/h16-21,23-24H,3-15,22H2,1-2H3. The molecule has 0 heterocycles. The summed E-state index contributed by atoms with van der Waals surface area (Å²) in [7, 11) is 0. The Balaban J connectivity index is 1.52. The van der Waals surface area contributed by atoms with Gasteiger partial charge in [0.25, 0.3) is 0 Å². The van der Waals surface area contributed by atoms with E-state index in [1.54, 1.807) is 12.1 Å². The molecule has 0 radical (unpaired) electrons. The quantitative estimate of drug-likeness (QED) is 0.272. The lowest BCUT2D eigenvalue weighted by molar-refractivity contribution is 0.286. The van der Waals surface area contributed by atoms with Crippen molar-refractivity contribution >= 4 is 0 Å². The van der Waals surface area contributed by atoms with Crippen LogP contribution < -0.4 is 4.74 Å². The predicted molar refractivity (Wildman–Crippen MR) is 135 cm³/mol. The minimum atomic E-state index is -0.888. The fourth-order valence-electron chi connectivity index (χ4n) is 5.16. The van der Waals surface area contributed by atoms with Crippen molar-refractivity contribution in [2.75, 3.05) is 6.61 Å². The first kappa shape index (κ1) is 25.7. The Morgan fingerprint density at radius 3 is 2.09 bits per heavy atom. The van der Waals surface area contributed by atoms with Gasteiger partial charge in [-0.2, -0.15) is 4.39 Å². The largest absolute Gasteiger partial charge is 0.490 e. The average Bonchev–Trinajstić information content (AvgIpc) is 2.85. The Labute approximate surface area is 199 Å². The van der Waals surface area contributed by atoms with Crippen molar-refractivity contribution in [1.82, 2.24) is 0 Å². The molecule has 0 saturated heterocycles. The lowest BCUT2D eigenvalue weighted by Gasteiger charge is -2.29. The highest BCUT2D eigenvalue weighted by molar-refractivity contribution is 5.65. The SMILES string of the molecule is CCCCCCCC1CCC(c2ccc(-c3ccc(OCCCCC)c(F)c3F)cc2)CC1. The van der Waals surface area contributed by atoms with Crippen molar-refractivity contribution < 1.29 is 13.5 Å². The second-order valence-electron chi connectivity index (χ2n) is 9.84. The highest BCUT2D eigenvalue weighted by Gasteiger charge is 2.22. The van der Waals surface area contributed by atoms with Gasteiger partial charge in [0.15, 0.2) is 11.6 Å². The van der Waals surface area contributed by atoms with E-state index >= 15 is 0 Å². The molecule has 1 aliphatic carbocycles. The monoisotopic (exact) mass is 456 g/mol. The molecule has 0 N–H and O–H groups in total. The molecule has 1 nitrogen and oxygen atoms in total. The lowest BCUT2D eigenvalue weighted by atomic mass is 9.77. The fraction of sp³-hybridized carbons (Fsp3) is 0.600. The summed E-state index contributed by atoms with van der Waals surface area (Å²) in [4.78, 5) is 0. The molecule has 0 unspecified atom stereocenters. The molecule has 1 fully saturated rings. The van der Waals surface area contributed by atoms with Crippen LogP contribution in [0.1, 0.15) is 109 Å². The van der Waals surface area contributed by atoms with Crippen LogP contribution in [0, 0.1) is 17.6 Å². The number of hydrogen-bond acceptors (Lipinski definition) is 1. The van der Waals surface area contributed by atoms with Gasteiger partial charge in [0, 0.05) is 5.56 Å². The van der Waals surface area contributed by atoms with Gasteiger partial charge >= 0.3 is 0 Å². The van der Waals surface area contributed by atoms with E-state index in [0.29, 0.717) is 23.7 Å². The number of halogens is 2. The normalized spacial score (nSPS) is 18.4. The van der Waals surface area contributed by atoms with E-state index in [1.807, 2.05) is 12.1 Å². The highest BCUT2D eigenvalue weighted by atomic mass is 19.2. The van der Waals surface area contributed by atoms with Crippen LogP contribution in [0.4, 0.5) is 8.78 Å². The first-order chi connectivity index (χ1) is 16.1. The molecule has 0 bridgehead atoms. The Bertz CT molecular complexity index is 822. The summed E-state index contributed by atoms with van der Waals surface area (Å²) < 4.78 is 34.7. The van der Waals surface area contributed by atoms with Gasteiger partial charge in [-0.15, -0.1) is 0 Å². The second-order valence-corrected chi connectivity index (χ2v) is 9.84. The summed E-state index contributed by atoms with van der Waals surface area (Å²) in [5, 5.41) is 0. The fourth-order valence-corrected chi connectivity index (χ4v) is 5.16. The van der Waals surface area contributed by atoms with Crippen LogP contribution in [0.5, 0.6) is 5.75 Å². The summed E-state index contributed by atoms with van der Waals surface area (Å²) >= 11 is 0. The molecular formula is C30H42F2O. The second kappa shape index (κ2) is 13.7. The molecule has 0 aromatic heterocycles. The van der Waals surface area contributed by atoms with E-state index in [9.17, 15) is 8.78 Å². The molecule has 0 spiro atoms. The van der Waals surface area contributed by atoms with Crippen molar-refractivity contribution in [1.29, 1.82) is 0 Å². The van der Waals surface area contributed by atoms with Crippen LogP contribution in [-0.2, 0) is 0 Å². The maximum atomic E-state index is 14.7. The molecule has 0 amide bonds. The number of hydrogen-bond donors (Lipinski definition) is 0. The third kappa shape index (κ3) is 7.55. The van der Waals surface area contributed by atoms with Crippen LogP contribution in [-0.4, -0.2) is 6.61 Å². The minimum absolute atomic E-state index is 0.00564. The minimum Gasteiger partial charge on any atom is -0.490 e. The van der Waals surface area contributed by atoms with Crippen molar-refractivity contribution in [2.45, 2.75) is 103 Å². The van der Waals surface area contributed by atoms with Crippen LogP contribution >= 0.6 is 0 Å². The van der Waals surface area contributed by atoms with Gasteiger partial charge in [-0.1, -0.05) is 89.5 Å². The van der Waals surface area contributed by atoms with E-state index in [2.05, 4.69) is 26.0 Å². The van der Waals surface area contributed by atoms with Gasteiger partial charge in [-0.3, -0.25) is 0 Å². The smallest absolute Gasteiger partial charge is 0.201 e. The van der Waals surface area contributed by atoms with Crippen molar-refractivity contribution in [2.24, 2.45) is 5.92 Å². The molecule has 1 aliphatic rings. The maximum Gasteiger partial charge on any atom is 0.201 e. The van der Waals surface area contributed by atoms with Crippen LogP contribution in [0.25, 0.3) is 11.1 Å². The summed E-state index contributed by atoms with van der Waals surface area (Å²) in [6.07, 6.45) is 16.3. The van der Waals surface area contributed by atoms with Crippen molar-refractivity contribution in [3.05, 3.63) is 53.6 Å². The number of unbranched alkanes of at least 4 members (excludes halogenated alkanes) is 6. The van der Waals surface area contributed by atoms with E-state index in [1.165, 1.54) is 69.8 Å². The third-order valence-corrected chi connectivity index (χ3v) is 7.31.